The van der Waals surface area contributed by atoms with E-state index in [1.165, 1.54) is 6.92 Å². The zero-order valence-corrected chi connectivity index (χ0v) is 12.8. The standard InChI is InChI=1S/C14H23NO6/c1-10(16)20-9-7-5-6-8-11(12(17)18)15-13(19)21-14(2,3)4/h5,7,11H,6,8-9H2,1-4H3,(H,15,19)(H,17,18)/b7-5-/t11-/m0/s1. The van der Waals surface area contributed by atoms with Crippen molar-refractivity contribution in [3.05, 3.63) is 12.2 Å². The van der Waals surface area contributed by atoms with Crippen molar-refractivity contribution in [3.8, 4) is 0 Å². The summed E-state index contributed by atoms with van der Waals surface area (Å²) in [5.74, 6) is -1.51. The van der Waals surface area contributed by atoms with Crippen LogP contribution in [0.4, 0.5) is 4.79 Å². The van der Waals surface area contributed by atoms with Crippen molar-refractivity contribution in [1.82, 2.24) is 5.32 Å². The molecule has 0 aromatic carbocycles. The predicted octanol–water partition coefficient (Wildman–Crippen LogP) is 1.86. The Hall–Kier alpha value is -2.05. The Kier molecular flexibility index (Phi) is 8.11. The van der Waals surface area contributed by atoms with Gasteiger partial charge in [-0.2, -0.15) is 0 Å². The molecule has 0 aliphatic heterocycles. The molecule has 0 spiro atoms. The van der Waals surface area contributed by atoms with Gasteiger partial charge in [0.1, 0.15) is 18.2 Å². The van der Waals surface area contributed by atoms with Crippen LogP contribution in [0.3, 0.4) is 0 Å². The average molecular weight is 301 g/mol. The van der Waals surface area contributed by atoms with Crippen molar-refractivity contribution in [2.75, 3.05) is 6.61 Å². The Morgan fingerprint density at radius 1 is 1.24 bits per heavy atom. The quantitative estimate of drug-likeness (QED) is 0.549. The summed E-state index contributed by atoms with van der Waals surface area (Å²) in [4.78, 5) is 33.1. The number of nitrogens with one attached hydrogen (secondary N) is 1. The topological polar surface area (TPSA) is 102 Å². The lowest BCUT2D eigenvalue weighted by atomic mass is 10.1. The zero-order chi connectivity index (χ0) is 16.5. The number of amides is 1. The summed E-state index contributed by atoms with van der Waals surface area (Å²) in [5, 5.41) is 11.3. The number of esters is 1. The molecule has 1 atom stereocenters. The number of carbonyl (C=O) groups is 3. The minimum Gasteiger partial charge on any atom is -0.480 e. The van der Waals surface area contributed by atoms with Crippen LogP contribution in [0.5, 0.6) is 0 Å². The van der Waals surface area contributed by atoms with Crippen molar-refractivity contribution in [3.63, 3.8) is 0 Å². The van der Waals surface area contributed by atoms with E-state index in [0.29, 0.717) is 6.42 Å². The lowest BCUT2D eigenvalue weighted by Gasteiger charge is -2.21. The molecule has 0 aromatic rings. The first-order valence-corrected chi connectivity index (χ1v) is 6.62. The first kappa shape index (κ1) is 18.9. The lowest BCUT2D eigenvalue weighted by Crippen LogP contribution is -2.43. The summed E-state index contributed by atoms with van der Waals surface area (Å²) in [6.07, 6.45) is 3.18. The third kappa shape index (κ3) is 11.5. The molecule has 0 aromatic heterocycles. The van der Waals surface area contributed by atoms with E-state index in [0.717, 1.165) is 0 Å². The molecule has 0 aliphatic rings. The highest BCUT2D eigenvalue weighted by Crippen LogP contribution is 2.08. The Labute approximate surface area is 124 Å². The maximum atomic E-state index is 11.5. The summed E-state index contributed by atoms with van der Waals surface area (Å²) in [5.41, 5.74) is -0.683. The van der Waals surface area contributed by atoms with Gasteiger partial charge in [-0.05, 0) is 33.6 Å². The van der Waals surface area contributed by atoms with E-state index in [4.69, 9.17) is 9.84 Å². The summed E-state index contributed by atoms with van der Waals surface area (Å²) in [6.45, 7) is 6.53. The molecule has 7 heteroatoms. The molecule has 0 aliphatic carbocycles. The number of alkyl carbamates (subject to hydrolysis) is 1. The van der Waals surface area contributed by atoms with Crippen molar-refractivity contribution in [2.24, 2.45) is 0 Å². The fourth-order valence-electron chi connectivity index (χ4n) is 1.32. The fourth-order valence-corrected chi connectivity index (χ4v) is 1.32. The molecular formula is C14H23NO6. The van der Waals surface area contributed by atoms with Gasteiger partial charge >= 0.3 is 18.0 Å². The zero-order valence-electron chi connectivity index (χ0n) is 12.8. The maximum absolute atomic E-state index is 11.5. The van der Waals surface area contributed by atoms with Crippen molar-refractivity contribution in [1.29, 1.82) is 0 Å². The summed E-state index contributed by atoms with van der Waals surface area (Å²) >= 11 is 0. The van der Waals surface area contributed by atoms with Crippen LogP contribution in [0.15, 0.2) is 12.2 Å². The van der Waals surface area contributed by atoms with Gasteiger partial charge in [0, 0.05) is 6.92 Å². The summed E-state index contributed by atoms with van der Waals surface area (Å²) in [6, 6.07) is -1.03. The fraction of sp³-hybridized carbons (Fsp3) is 0.643. The Morgan fingerprint density at radius 2 is 1.86 bits per heavy atom. The number of ether oxygens (including phenoxy) is 2. The Morgan fingerprint density at radius 3 is 2.33 bits per heavy atom. The average Bonchev–Trinajstić information content (AvgIpc) is 2.28. The van der Waals surface area contributed by atoms with Gasteiger partial charge in [0.05, 0.1) is 0 Å². The SMILES string of the molecule is CC(=O)OC/C=C\CC[C@H](NC(=O)OC(C)(C)C)C(=O)O. The van der Waals surface area contributed by atoms with Crippen LogP contribution in [-0.4, -0.2) is 41.4 Å². The third-order valence-electron chi connectivity index (χ3n) is 2.16. The molecule has 0 heterocycles. The lowest BCUT2D eigenvalue weighted by molar-refractivity contribution is -0.140. The van der Waals surface area contributed by atoms with Crippen LogP contribution in [-0.2, 0) is 19.1 Å². The number of carboxylic acids is 1. The van der Waals surface area contributed by atoms with Crippen molar-refractivity contribution >= 4 is 18.0 Å². The number of hydrogen-bond acceptors (Lipinski definition) is 5. The van der Waals surface area contributed by atoms with Gasteiger partial charge in [-0.1, -0.05) is 12.2 Å². The largest absolute Gasteiger partial charge is 0.480 e. The smallest absolute Gasteiger partial charge is 0.408 e. The van der Waals surface area contributed by atoms with Gasteiger partial charge in [0.15, 0.2) is 0 Å². The molecule has 0 bridgehead atoms. The normalized spacial score (nSPS) is 12.8. The molecular weight excluding hydrogens is 278 g/mol. The molecule has 1 amide bonds. The van der Waals surface area contributed by atoms with Crippen LogP contribution in [0.25, 0.3) is 0 Å². The van der Waals surface area contributed by atoms with E-state index in [1.54, 1.807) is 32.9 Å². The predicted molar refractivity (Wildman–Crippen MR) is 75.8 cm³/mol. The van der Waals surface area contributed by atoms with Crippen LogP contribution in [0, 0.1) is 0 Å². The molecule has 21 heavy (non-hydrogen) atoms. The second kappa shape index (κ2) is 8.99. The molecule has 0 rings (SSSR count). The van der Waals surface area contributed by atoms with Gasteiger partial charge < -0.3 is 19.9 Å². The molecule has 0 unspecified atom stereocenters. The van der Waals surface area contributed by atoms with E-state index in [9.17, 15) is 14.4 Å². The van der Waals surface area contributed by atoms with Gasteiger partial charge in [-0.3, -0.25) is 4.79 Å². The highest BCUT2D eigenvalue weighted by Gasteiger charge is 2.23. The number of carboxylic acid groups (broad SMARTS) is 1. The van der Waals surface area contributed by atoms with Gasteiger partial charge in [0.2, 0.25) is 0 Å². The molecule has 0 saturated carbocycles. The molecule has 120 valence electrons. The first-order chi connectivity index (χ1) is 9.61. The monoisotopic (exact) mass is 301 g/mol. The molecule has 0 radical (unpaired) electrons. The van der Waals surface area contributed by atoms with Crippen LogP contribution >= 0.6 is 0 Å². The minimum absolute atomic E-state index is 0.145. The molecule has 7 nitrogen and oxygen atoms in total. The van der Waals surface area contributed by atoms with Crippen molar-refractivity contribution in [2.45, 2.75) is 52.2 Å². The van der Waals surface area contributed by atoms with Crippen LogP contribution in [0.1, 0.15) is 40.5 Å². The van der Waals surface area contributed by atoms with E-state index >= 15 is 0 Å². The minimum atomic E-state index is -1.13. The van der Waals surface area contributed by atoms with Gasteiger partial charge in [0.25, 0.3) is 0 Å². The summed E-state index contributed by atoms with van der Waals surface area (Å²) < 4.78 is 9.68. The number of carbonyl (C=O) groups excluding carboxylic acids is 2. The van der Waals surface area contributed by atoms with E-state index < -0.39 is 23.7 Å². The maximum Gasteiger partial charge on any atom is 0.408 e. The van der Waals surface area contributed by atoms with Gasteiger partial charge in [-0.15, -0.1) is 0 Å². The number of rotatable bonds is 7. The second-order valence-corrected chi connectivity index (χ2v) is 5.39. The summed E-state index contributed by atoms with van der Waals surface area (Å²) in [7, 11) is 0. The van der Waals surface area contributed by atoms with Crippen LogP contribution in [0.2, 0.25) is 0 Å². The van der Waals surface area contributed by atoms with Gasteiger partial charge in [-0.25, -0.2) is 9.59 Å². The number of aliphatic carboxylic acids is 1. The van der Waals surface area contributed by atoms with Crippen molar-refractivity contribution < 1.29 is 29.0 Å². The number of allylic oxidation sites excluding steroid dienone is 1. The van der Waals surface area contributed by atoms with Crippen LogP contribution < -0.4 is 5.32 Å². The Bertz CT molecular complexity index is 397. The molecule has 0 fully saturated rings. The molecule has 0 saturated heterocycles. The van der Waals surface area contributed by atoms with E-state index in [-0.39, 0.29) is 19.0 Å². The third-order valence-corrected chi connectivity index (χ3v) is 2.16. The first-order valence-electron chi connectivity index (χ1n) is 6.62. The van der Waals surface area contributed by atoms with E-state index in [1.807, 2.05) is 0 Å². The highest BCUT2D eigenvalue weighted by atomic mass is 16.6. The Balaban J connectivity index is 4.17. The number of hydrogen-bond donors (Lipinski definition) is 2. The highest BCUT2D eigenvalue weighted by molar-refractivity contribution is 5.79. The van der Waals surface area contributed by atoms with E-state index in [2.05, 4.69) is 10.1 Å². The second-order valence-electron chi connectivity index (χ2n) is 5.39. The molecule has 2 N–H and O–H groups in total.